The summed E-state index contributed by atoms with van der Waals surface area (Å²) in [4.78, 5) is 2.31. The van der Waals surface area contributed by atoms with Gasteiger partial charge in [0.1, 0.15) is 0 Å². The van der Waals surface area contributed by atoms with Crippen molar-refractivity contribution in [3.63, 3.8) is 0 Å². The largest absolute Gasteiger partial charge is 0.409 e. The molecule has 0 heterocycles. The zero-order valence-electron chi connectivity index (χ0n) is 9.73. The molecule has 0 bridgehead atoms. The molecule has 0 radical (unpaired) electrons. The molecule has 0 spiro atoms. The van der Waals surface area contributed by atoms with Gasteiger partial charge in [0.2, 0.25) is 0 Å². The molecule has 0 unspecified atom stereocenters. The van der Waals surface area contributed by atoms with Crippen molar-refractivity contribution in [2.45, 2.75) is 25.8 Å². The summed E-state index contributed by atoms with van der Waals surface area (Å²) in [5.74, 6) is 0.153. The highest BCUT2D eigenvalue weighted by Gasteiger charge is 2.29. The highest BCUT2D eigenvalue weighted by molar-refractivity contribution is 9.10. The zero-order valence-corrected chi connectivity index (χ0v) is 11.3. The van der Waals surface area contributed by atoms with E-state index in [4.69, 9.17) is 10.9 Å². The average molecular weight is 298 g/mol. The number of rotatable bonds is 4. The molecule has 2 rings (SSSR count). The van der Waals surface area contributed by atoms with Crippen LogP contribution in [0, 0.1) is 0 Å². The summed E-state index contributed by atoms with van der Waals surface area (Å²) < 4.78 is 0.926. The third-order valence-corrected chi connectivity index (χ3v) is 3.47. The molecule has 0 amide bonds. The van der Waals surface area contributed by atoms with E-state index in [2.05, 4.69) is 32.9 Å². The van der Waals surface area contributed by atoms with E-state index in [0.717, 1.165) is 22.3 Å². The van der Waals surface area contributed by atoms with Crippen LogP contribution in [-0.4, -0.2) is 23.6 Å². The molecule has 17 heavy (non-hydrogen) atoms. The van der Waals surface area contributed by atoms with E-state index in [9.17, 15) is 0 Å². The molecular weight excluding hydrogens is 282 g/mol. The fraction of sp³-hybridized carbons (Fsp3) is 0.417. The third kappa shape index (κ3) is 2.54. The van der Waals surface area contributed by atoms with Crippen molar-refractivity contribution in [2.24, 2.45) is 10.9 Å². The van der Waals surface area contributed by atoms with Gasteiger partial charge in [-0.25, -0.2) is 0 Å². The third-order valence-electron chi connectivity index (χ3n) is 2.98. The van der Waals surface area contributed by atoms with Crippen LogP contribution in [-0.2, 0) is 0 Å². The van der Waals surface area contributed by atoms with Gasteiger partial charge in [0.15, 0.2) is 5.84 Å². The molecule has 5 heteroatoms. The summed E-state index contributed by atoms with van der Waals surface area (Å²) in [6, 6.07) is 6.48. The maximum Gasteiger partial charge on any atom is 0.172 e. The van der Waals surface area contributed by atoms with E-state index in [1.807, 2.05) is 18.2 Å². The predicted molar refractivity (Wildman–Crippen MR) is 72.7 cm³/mol. The Morgan fingerprint density at radius 1 is 1.59 bits per heavy atom. The lowest BCUT2D eigenvalue weighted by atomic mass is 10.1. The Labute approximate surface area is 109 Å². The highest BCUT2D eigenvalue weighted by Crippen LogP contribution is 2.34. The van der Waals surface area contributed by atoms with E-state index in [1.165, 1.54) is 12.8 Å². The van der Waals surface area contributed by atoms with Crippen molar-refractivity contribution in [3.05, 3.63) is 28.2 Å². The van der Waals surface area contributed by atoms with Crippen molar-refractivity contribution in [1.29, 1.82) is 0 Å². The second kappa shape index (κ2) is 4.96. The molecule has 1 saturated carbocycles. The topological polar surface area (TPSA) is 61.8 Å². The van der Waals surface area contributed by atoms with E-state index < -0.39 is 0 Å². The maximum absolute atomic E-state index is 8.84. The number of oxime groups is 1. The van der Waals surface area contributed by atoms with Gasteiger partial charge < -0.3 is 15.8 Å². The molecule has 1 aromatic rings. The fourth-order valence-corrected chi connectivity index (χ4v) is 2.39. The van der Waals surface area contributed by atoms with Crippen LogP contribution < -0.4 is 10.6 Å². The summed E-state index contributed by atoms with van der Waals surface area (Å²) in [7, 11) is 0. The van der Waals surface area contributed by atoms with Gasteiger partial charge in [0.05, 0.1) is 0 Å². The van der Waals surface area contributed by atoms with Gasteiger partial charge in [-0.15, -0.1) is 0 Å². The van der Waals surface area contributed by atoms with Crippen LogP contribution in [0.2, 0.25) is 0 Å². The molecule has 1 aliphatic carbocycles. The van der Waals surface area contributed by atoms with E-state index in [1.54, 1.807) is 0 Å². The Morgan fingerprint density at radius 3 is 2.82 bits per heavy atom. The second-order valence-corrected chi connectivity index (χ2v) is 5.08. The van der Waals surface area contributed by atoms with Crippen LogP contribution in [0.5, 0.6) is 0 Å². The lowest BCUT2D eigenvalue weighted by molar-refractivity contribution is 0.318. The Hall–Kier alpha value is -1.23. The Kier molecular flexibility index (Phi) is 3.57. The average Bonchev–Trinajstić information content (AvgIpc) is 3.15. The first-order valence-electron chi connectivity index (χ1n) is 5.71. The summed E-state index contributed by atoms with van der Waals surface area (Å²) in [5.41, 5.74) is 7.54. The lowest BCUT2D eigenvalue weighted by Crippen LogP contribution is -2.28. The number of benzene rings is 1. The zero-order chi connectivity index (χ0) is 12.4. The van der Waals surface area contributed by atoms with E-state index in [-0.39, 0.29) is 5.84 Å². The Morgan fingerprint density at radius 2 is 2.29 bits per heavy atom. The van der Waals surface area contributed by atoms with Crippen molar-refractivity contribution >= 4 is 27.5 Å². The summed E-state index contributed by atoms with van der Waals surface area (Å²) in [6.07, 6.45) is 2.44. The first kappa shape index (κ1) is 12.2. The van der Waals surface area contributed by atoms with Gasteiger partial charge in [-0.3, -0.25) is 0 Å². The summed E-state index contributed by atoms with van der Waals surface area (Å²) >= 11 is 3.41. The van der Waals surface area contributed by atoms with Crippen LogP contribution in [0.15, 0.2) is 27.8 Å². The molecular formula is C12H16BrN3O. The molecule has 0 saturated heterocycles. The maximum atomic E-state index is 8.84. The number of halogens is 1. The first-order valence-corrected chi connectivity index (χ1v) is 6.50. The quantitative estimate of drug-likeness (QED) is 0.388. The van der Waals surface area contributed by atoms with Crippen LogP contribution >= 0.6 is 15.9 Å². The highest BCUT2D eigenvalue weighted by atomic mass is 79.9. The Balaban J connectivity index is 2.44. The van der Waals surface area contributed by atoms with E-state index in [0.29, 0.717) is 6.04 Å². The van der Waals surface area contributed by atoms with Crippen LogP contribution in [0.3, 0.4) is 0 Å². The van der Waals surface area contributed by atoms with Gasteiger partial charge in [-0.05, 0) is 38.0 Å². The van der Waals surface area contributed by atoms with Crippen molar-refractivity contribution in [1.82, 2.24) is 0 Å². The summed E-state index contributed by atoms with van der Waals surface area (Å²) in [6.45, 7) is 3.05. The molecule has 4 nitrogen and oxygen atoms in total. The number of nitrogens with zero attached hydrogens (tertiary/aromatic N) is 2. The minimum Gasteiger partial charge on any atom is -0.409 e. The summed E-state index contributed by atoms with van der Waals surface area (Å²) in [5, 5.41) is 11.9. The molecule has 1 aromatic carbocycles. The standard InChI is InChI=1S/C12H16BrN3O/c1-2-16(9-4-5-9)11-6-3-8(13)7-10(11)12(14)15-17/h3,6-7,9,17H,2,4-5H2,1H3,(H2,14,15). The van der Waals surface area contributed by atoms with Crippen LogP contribution in [0.25, 0.3) is 0 Å². The molecule has 0 aliphatic heterocycles. The number of anilines is 1. The molecule has 1 fully saturated rings. The van der Waals surface area contributed by atoms with Crippen molar-refractivity contribution < 1.29 is 5.21 Å². The van der Waals surface area contributed by atoms with Crippen LogP contribution in [0.1, 0.15) is 25.3 Å². The predicted octanol–water partition coefficient (Wildman–Crippen LogP) is 2.53. The minimum atomic E-state index is 0.153. The molecule has 92 valence electrons. The lowest BCUT2D eigenvalue weighted by Gasteiger charge is -2.25. The van der Waals surface area contributed by atoms with Crippen molar-refractivity contribution in [2.75, 3.05) is 11.4 Å². The Bertz CT molecular complexity index is 443. The van der Waals surface area contributed by atoms with Gasteiger partial charge in [0, 0.05) is 28.3 Å². The molecule has 3 N–H and O–H groups in total. The number of nitrogens with two attached hydrogens (primary N) is 1. The van der Waals surface area contributed by atoms with Gasteiger partial charge in [-0.1, -0.05) is 21.1 Å². The van der Waals surface area contributed by atoms with Crippen molar-refractivity contribution in [3.8, 4) is 0 Å². The monoisotopic (exact) mass is 297 g/mol. The number of hydrogen-bond donors (Lipinski definition) is 2. The first-order chi connectivity index (χ1) is 8.17. The smallest absolute Gasteiger partial charge is 0.172 e. The SMILES string of the molecule is CCN(c1ccc(Br)cc1/C(N)=N/O)C1CC1. The second-order valence-electron chi connectivity index (χ2n) is 4.16. The van der Waals surface area contributed by atoms with Gasteiger partial charge in [0.25, 0.3) is 0 Å². The van der Waals surface area contributed by atoms with E-state index >= 15 is 0 Å². The van der Waals surface area contributed by atoms with Crippen LogP contribution in [0.4, 0.5) is 5.69 Å². The minimum absolute atomic E-state index is 0.153. The molecule has 0 aromatic heterocycles. The molecule has 1 aliphatic rings. The van der Waals surface area contributed by atoms with Gasteiger partial charge in [-0.2, -0.15) is 0 Å². The normalized spacial score (nSPS) is 16.0. The van der Waals surface area contributed by atoms with Gasteiger partial charge >= 0.3 is 0 Å². The number of amidine groups is 1. The number of hydrogen-bond acceptors (Lipinski definition) is 3. The molecule has 0 atom stereocenters. The fourth-order valence-electron chi connectivity index (χ4n) is 2.03.